The molecule has 8 heteroatoms. The summed E-state index contributed by atoms with van der Waals surface area (Å²) in [5, 5.41) is 7.03. The van der Waals surface area contributed by atoms with E-state index in [0.29, 0.717) is 23.3 Å². The second-order valence-electron chi connectivity index (χ2n) is 5.49. The Bertz CT molecular complexity index is 853. The molecule has 0 aliphatic rings. The quantitative estimate of drug-likeness (QED) is 0.567. The third-order valence-corrected chi connectivity index (χ3v) is 4.36. The lowest BCUT2D eigenvalue weighted by atomic mass is 10.2. The molecule has 2 aromatic carbocycles. The number of ether oxygens (including phenoxy) is 2. The molecule has 27 heavy (non-hydrogen) atoms. The third kappa shape index (κ3) is 6.03. The molecule has 0 bridgehead atoms. The Labute approximate surface area is 161 Å². The number of aromatic nitrogens is 2. The van der Waals surface area contributed by atoms with Crippen molar-refractivity contribution in [2.24, 2.45) is 0 Å². The van der Waals surface area contributed by atoms with Gasteiger partial charge in [-0.25, -0.2) is 0 Å². The zero-order valence-corrected chi connectivity index (χ0v) is 15.6. The first-order chi connectivity index (χ1) is 13.2. The minimum Gasteiger partial charge on any atom is -0.497 e. The van der Waals surface area contributed by atoms with Gasteiger partial charge in [0.05, 0.1) is 12.9 Å². The van der Waals surface area contributed by atoms with E-state index in [1.54, 1.807) is 31.4 Å². The van der Waals surface area contributed by atoms with Gasteiger partial charge in [-0.2, -0.15) is 4.98 Å². The monoisotopic (exact) mass is 385 g/mol. The van der Waals surface area contributed by atoms with E-state index in [9.17, 15) is 4.79 Å². The average molecular weight is 385 g/mol. The van der Waals surface area contributed by atoms with E-state index in [4.69, 9.17) is 14.0 Å². The van der Waals surface area contributed by atoms with Crippen LogP contribution in [-0.4, -0.2) is 28.9 Å². The SMILES string of the molecule is COc1ccc(OCc2noc(SCC(=O)NCc3ccccc3)n2)cc1. The van der Waals surface area contributed by atoms with Gasteiger partial charge in [0.1, 0.15) is 11.5 Å². The summed E-state index contributed by atoms with van der Waals surface area (Å²) < 4.78 is 15.8. The molecular formula is C19H19N3O4S. The number of methoxy groups -OCH3 is 1. The van der Waals surface area contributed by atoms with Gasteiger partial charge in [-0.1, -0.05) is 47.3 Å². The summed E-state index contributed by atoms with van der Waals surface area (Å²) in [5.41, 5.74) is 1.05. The average Bonchev–Trinajstić information content (AvgIpc) is 3.18. The van der Waals surface area contributed by atoms with Crippen LogP contribution in [0.3, 0.4) is 0 Å². The highest BCUT2D eigenvalue weighted by molar-refractivity contribution is 7.99. The number of thioether (sulfide) groups is 1. The molecule has 3 rings (SSSR count). The van der Waals surface area contributed by atoms with Crippen LogP contribution < -0.4 is 14.8 Å². The number of carbonyl (C=O) groups is 1. The van der Waals surface area contributed by atoms with Crippen LogP contribution in [0.5, 0.6) is 11.5 Å². The van der Waals surface area contributed by atoms with Crippen molar-refractivity contribution in [3.8, 4) is 11.5 Å². The molecule has 0 saturated carbocycles. The van der Waals surface area contributed by atoms with Crippen LogP contribution in [-0.2, 0) is 17.9 Å². The number of hydrogen-bond donors (Lipinski definition) is 1. The van der Waals surface area contributed by atoms with Crippen LogP contribution in [0.2, 0.25) is 0 Å². The highest BCUT2D eigenvalue weighted by Gasteiger charge is 2.10. The Morgan fingerprint density at radius 3 is 2.59 bits per heavy atom. The van der Waals surface area contributed by atoms with Crippen molar-refractivity contribution in [1.82, 2.24) is 15.5 Å². The van der Waals surface area contributed by atoms with E-state index in [-0.39, 0.29) is 18.3 Å². The zero-order valence-electron chi connectivity index (χ0n) is 14.8. The van der Waals surface area contributed by atoms with Crippen LogP contribution >= 0.6 is 11.8 Å². The van der Waals surface area contributed by atoms with Crippen molar-refractivity contribution in [2.75, 3.05) is 12.9 Å². The fourth-order valence-corrected chi connectivity index (χ4v) is 2.77. The highest BCUT2D eigenvalue weighted by Crippen LogP contribution is 2.19. The molecule has 0 unspecified atom stereocenters. The summed E-state index contributed by atoms with van der Waals surface area (Å²) in [7, 11) is 1.61. The molecule has 7 nitrogen and oxygen atoms in total. The standard InChI is InChI=1S/C19H19N3O4S/c1-24-15-7-9-16(10-8-15)25-12-17-21-19(26-22-17)27-13-18(23)20-11-14-5-3-2-4-6-14/h2-10H,11-13H2,1H3,(H,20,23). The van der Waals surface area contributed by atoms with Gasteiger partial charge in [0, 0.05) is 6.54 Å². The van der Waals surface area contributed by atoms with Gasteiger partial charge in [0.2, 0.25) is 11.7 Å². The maximum Gasteiger partial charge on any atom is 0.286 e. The molecule has 0 fully saturated rings. The minimum absolute atomic E-state index is 0.0990. The first-order valence-electron chi connectivity index (χ1n) is 8.26. The first-order valence-corrected chi connectivity index (χ1v) is 9.24. The third-order valence-electron chi connectivity index (χ3n) is 3.54. The number of rotatable bonds is 9. The Morgan fingerprint density at radius 2 is 1.85 bits per heavy atom. The lowest BCUT2D eigenvalue weighted by Gasteiger charge is -2.04. The second kappa shape index (κ2) is 9.63. The molecular weight excluding hydrogens is 366 g/mol. The van der Waals surface area contributed by atoms with Gasteiger partial charge < -0.3 is 19.3 Å². The Kier molecular flexibility index (Phi) is 6.70. The van der Waals surface area contributed by atoms with Crippen molar-refractivity contribution < 1.29 is 18.8 Å². The number of carbonyl (C=O) groups excluding carboxylic acids is 1. The van der Waals surface area contributed by atoms with Crippen molar-refractivity contribution in [3.63, 3.8) is 0 Å². The van der Waals surface area contributed by atoms with Gasteiger partial charge in [-0.05, 0) is 29.8 Å². The molecule has 1 aromatic heterocycles. The first kappa shape index (κ1) is 18.8. The lowest BCUT2D eigenvalue weighted by molar-refractivity contribution is -0.118. The van der Waals surface area contributed by atoms with Gasteiger partial charge >= 0.3 is 0 Å². The summed E-state index contributed by atoms with van der Waals surface area (Å²) in [5.74, 6) is 1.95. The highest BCUT2D eigenvalue weighted by atomic mass is 32.2. The molecule has 0 spiro atoms. The van der Waals surface area contributed by atoms with Crippen LogP contribution in [0.1, 0.15) is 11.4 Å². The second-order valence-corrected chi connectivity index (χ2v) is 6.42. The van der Waals surface area contributed by atoms with Crippen molar-refractivity contribution in [3.05, 3.63) is 66.0 Å². The molecule has 0 aliphatic carbocycles. The maximum absolute atomic E-state index is 11.9. The van der Waals surface area contributed by atoms with E-state index < -0.39 is 0 Å². The van der Waals surface area contributed by atoms with Crippen molar-refractivity contribution >= 4 is 17.7 Å². The molecule has 1 N–H and O–H groups in total. The molecule has 0 radical (unpaired) electrons. The van der Waals surface area contributed by atoms with Crippen molar-refractivity contribution in [1.29, 1.82) is 0 Å². The number of nitrogens with one attached hydrogen (secondary N) is 1. The largest absolute Gasteiger partial charge is 0.497 e. The topological polar surface area (TPSA) is 86.5 Å². The lowest BCUT2D eigenvalue weighted by Crippen LogP contribution is -2.24. The number of hydrogen-bond acceptors (Lipinski definition) is 7. The zero-order chi connectivity index (χ0) is 18.9. The number of benzene rings is 2. The fraction of sp³-hybridized carbons (Fsp3) is 0.211. The Morgan fingerprint density at radius 1 is 1.11 bits per heavy atom. The predicted molar refractivity (Wildman–Crippen MR) is 101 cm³/mol. The molecule has 140 valence electrons. The van der Waals surface area contributed by atoms with Crippen LogP contribution in [0.4, 0.5) is 0 Å². The molecule has 3 aromatic rings. The van der Waals surface area contributed by atoms with E-state index >= 15 is 0 Å². The van der Waals surface area contributed by atoms with E-state index in [2.05, 4.69) is 15.5 Å². The van der Waals surface area contributed by atoms with Gasteiger partial charge in [-0.15, -0.1) is 0 Å². The van der Waals surface area contributed by atoms with E-state index in [1.165, 1.54) is 11.8 Å². The van der Waals surface area contributed by atoms with Gasteiger partial charge in [0.25, 0.3) is 5.22 Å². The molecule has 0 aliphatic heterocycles. The summed E-state index contributed by atoms with van der Waals surface area (Å²) in [4.78, 5) is 16.1. The number of amides is 1. The molecule has 1 heterocycles. The maximum atomic E-state index is 11.9. The minimum atomic E-state index is -0.0990. The summed E-state index contributed by atoms with van der Waals surface area (Å²) in [6, 6.07) is 16.9. The van der Waals surface area contributed by atoms with Crippen molar-refractivity contribution in [2.45, 2.75) is 18.4 Å². The molecule has 0 atom stereocenters. The summed E-state index contributed by atoms with van der Waals surface area (Å²) in [6.45, 7) is 0.668. The van der Waals surface area contributed by atoms with Crippen LogP contribution in [0, 0.1) is 0 Å². The van der Waals surface area contributed by atoms with E-state index in [1.807, 2.05) is 30.3 Å². The van der Waals surface area contributed by atoms with Gasteiger partial charge in [0.15, 0.2) is 6.61 Å². The number of nitrogens with zero attached hydrogens (tertiary/aromatic N) is 2. The Hall–Kier alpha value is -3.00. The fourth-order valence-electron chi connectivity index (χ4n) is 2.15. The van der Waals surface area contributed by atoms with Crippen LogP contribution in [0.25, 0.3) is 0 Å². The van der Waals surface area contributed by atoms with Crippen LogP contribution in [0.15, 0.2) is 64.3 Å². The van der Waals surface area contributed by atoms with E-state index in [0.717, 1.165) is 11.3 Å². The summed E-state index contributed by atoms with van der Waals surface area (Å²) >= 11 is 1.19. The van der Waals surface area contributed by atoms with Gasteiger partial charge in [-0.3, -0.25) is 4.79 Å². The normalized spacial score (nSPS) is 10.4. The summed E-state index contributed by atoms with van der Waals surface area (Å²) in [6.07, 6.45) is 0. The Balaban J connectivity index is 1.40. The molecule has 1 amide bonds. The molecule has 0 saturated heterocycles. The smallest absolute Gasteiger partial charge is 0.286 e. The predicted octanol–water partition coefficient (Wildman–Crippen LogP) is 3.07.